The first-order valence-electron chi connectivity index (χ1n) is 7.76. The fourth-order valence-corrected chi connectivity index (χ4v) is 4.22. The van der Waals surface area contributed by atoms with Crippen LogP contribution in [0.1, 0.15) is 28.1 Å². The number of carbonyl (C=O) groups excluding carboxylic acids is 1. The number of anilines is 1. The van der Waals surface area contributed by atoms with Gasteiger partial charge in [-0.3, -0.25) is 0 Å². The summed E-state index contributed by atoms with van der Waals surface area (Å²) in [6, 6.07) is 0.463. The Labute approximate surface area is 140 Å². The van der Waals surface area contributed by atoms with E-state index < -0.39 is 0 Å². The third-order valence-electron chi connectivity index (χ3n) is 4.65. The van der Waals surface area contributed by atoms with E-state index in [-0.39, 0.29) is 5.97 Å². The van der Waals surface area contributed by atoms with Crippen LogP contribution >= 0.6 is 11.3 Å². The van der Waals surface area contributed by atoms with Crippen LogP contribution in [0.4, 0.5) is 5.82 Å². The number of esters is 1. The van der Waals surface area contributed by atoms with Gasteiger partial charge in [-0.05, 0) is 45.5 Å². The van der Waals surface area contributed by atoms with Crippen molar-refractivity contribution in [3.63, 3.8) is 0 Å². The molecule has 0 N–H and O–H groups in total. The lowest BCUT2D eigenvalue weighted by Crippen LogP contribution is -2.42. The molecule has 1 aliphatic heterocycles. The minimum atomic E-state index is -0.307. The first-order chi connectivity index (χ1) is 11.0. The molecule has 23 heavy (non-hydrogen) atoms. The number of hydrogen-bond donors (Lipinski definition) is 0. The molecular formula is C16H22N4O2S. The Morgan fingerprint density at radius 2 is 2.09 bits per heavy atom. The van der Waals surface area contributed by atoms with Gasteiger partial charge in [-0.2, -0.15) is 0 Å². The number of carbonyl (C=O) groups is 1. The third-order valence-corrected chi connectivity index (χ3v) is 5.83. The molecule has 0 amide bonds. The minimum absolute atomic E-state index is 0.307. The Morgan fingerprint density at radius 1 is 1.39 bits per heavy atom. The number of aromatic nitrogens is 2. The van der Waals surface area contributed by atoms with Crippen molar-refractivity contribution in [3.05, 3.63) is 16.8 Å². The third kappa shape index (κ3) is 2.90. The fraction of sp³-hybridized carbons (Fsp3) is 0.562. The van der Waals surface area contributed by atoms with Crippen molar-refractivity contribution >= 4 is 33.3 Å². The molecule has 124 valence electrons. The molecule has 7 heteroatoms. The number of rotatable bonds is 3. The highest BCUT2D eigenvalue weighted by atomic mass is 32.1. The highest BCUT2D eigenvalue weighted by Gasteiger charge is 2.26. The van der Waals surface area contributed by atoms with E-state index in [0.29, 0.717) is 10.9 Å². The molecule has 1 fully saturated rings. The van der Waals surface area contributed by atoms with Gasteiger partial charge in [0.1, 0.15) is 21.9 Å². The molecule has 0 aromatic carbocycles. The van der Waals surface area contributed by atoms with Gasteiger partial charge in [0.05, 0.1) is 12.5 Å². The lowest BCUT2D eigenvalue weighted by molar-refractivity contribution is 0.0605. The Kier molecular flexibility index (Phi) is 4.50. The Morgan fingerprint density at radius 3 is 2.74 bits per heavy atom. The van der Waals surface area contributed by atoms with E-state index in [2.05, 4.69) is 33.9 Å². The molecule has 1 aliphatic rings. The van der Waals surface area contributed by atoms with Crippen LogP contribution in [0.25, 0.3) is 10.2 Å². The number of aryl methyl sites for hydroxylation is 1. The van der Waals surface area contributed by atoms with E-state index in [1.807, 2.05) is 6.92 Å². The maximum Gasteiger partial charge on any atom is 0.348 e. The van der Waals surface area contributed by atoms with Gasteiger partial charge in [-0.25, -0.2) is 14.8 Å². The Bertz CT molecular complexity index is 722. The maximum absolute atomic E-state index is 11.9. The first-order valence-corrected chi connectivity index (χ1v) is 8.58. The zero-order valence-electron chi connectivity index (χ0n) is 14.0. The van der Waals surface area contributed by atoms with Crippen LogP contribution in [0, 0.1) is 6.92 Å². The zero-order chi connectivity index (χ0) is 16.6. The predicted molar refractivity (Wildman–Crippen MR) is 92.4 cm³/mol. The van der Waals surface area contributed by atoms with E-state index in [1.165, 1.54) is 18.4 Å². The van der Waals surface area contributed by atoms with Gasteiger partial charge in [0, 0.05) is 13.1 Å². The van der Waals surface area contributed by atoms with Crippen LogP contribution in [-0.4, -0.2) is 61.2 Å². The van der Waals surface area contributed by atoms with Crippen LogP contribution in [0.15, 0.2) is 6.33 Å². The SMILES string of the molecule is COC(=O)c1sc2ncnc(N(C)C3CCN(C)CC3)c2c1C. The molecule has 0 bridgehead atoms. The molecule has 0 atom stereocenters. The number of nitrogens with zero attached hydrogens (tertiary/aromatic N) is 4. The number of fused-ring (bicyclic) bond motifs is 1. The summed E-state index contributed by atoms with van der Waals surface area (Å²) in [7, 11) is 5.65. The fourth-order valence-electron chi connectivity index (χ4n) is 3.16. The van der Waals surface area contributed by atoms with Gasteiger partial charge in [-0.1, -0.05) is 0 Å². The second-order valence-electron chi connectivity index (χ2n) is 6.07. The molecule has 0 unspecified atom stereocenters. The molecular weight excluding hydrogens is 312 g/mol. The van der Waals surface area contributed by atoms with Crippen molar-refractivity contribution in [3.8, 4) is 0 Å². The maximum atomic E-state index is 11.9. The molecule has 0 spiro atoms. The van der Waals surface area contributed by atoms with Gasteiger partial charge >= 0.3 is 5.97 Å². The molecule has 0 aliphatic carbocycles. The summed E-state index contributed by atoms with van der Waals surface area (Å²) in [5, 5.41) is 0.972. The van der Waals surface area contributed by atoms with Crippen molar-refractivity contribution in [2.24, 2.45) is 0 Å². The van der Waals surface area contributed by atoms with Gasteiger partial charge in [0.25, 0.3) is 0 Å². The molecule has 6 nitrogen and oxygen atoms in total. The normalized spacial score (nSPS) is 16.7. The zero-order valence-corrected chi connectivity index (χ0v) is 14.8. The summed E-state index contributed by atoms with van der Waals surface area (Å²) < 4.78 is 4.88. The summed E-state index contributed by atoms with van der Waals surface area (Å²) in [4.78, 5) is 26.9. The monoisotopic (exact) mass is 334 g/mol. The highest BCUT2D eigenvalue weighted by molar-refractivity contribution is 7.20. The topological polar surface area (TPSA) is 58.6 Å². The molecule has 2 aromatic heterocycles. The quantitative estimate of drug-likeness (QED) is 0.803. The number of thiophene rings is 1. The summed E-state index contributed by atoms with van der Waals surface area (Å²) >= 11 is 1.37. The van der Waals surface area contributed by atoms with Crippen LogP contribution < -0.4 is 4.90 Å². The summed E-state index contributed by atoms with van der Waals surface area (Å²) in [5.41, 5.74) is 0.909. The van der Waals surface area contributed by atoms with E-state index in [1.54, 1.807) is 6.33 Å². The number of piperidine rings is 1. The van der Waals surface area contributed by atoms with E-state index >= 15 is 0 Å². The predicted octanol–water partition coefficient (Wildman–Crippen LogP) is 2.32. The van der Waals surface area contributed by atoms with E-state index in [0.717, 1.165) is 47.5 Å². The summed E-state index contributed by atoms with van der Waals surface area (Å²) in [6.07, 6.45) is 3.82. The molecule has 0 saturated carbocycles. The van der Waals surface area contributed by atoms with E-state index in [4.69, 9.17) is 4.74 Å². The van der Waals surface area contributed by atoms with E-state index in [9.17, 15) is 4.79 Å². The van der Waals surface area contributed by atoms with Crippen molar-refractivity contribution < 1.29 is 9.53 Å². The number of hydrogen-bond acceptors (Lipinski definition) is 7. The lowest BCUT2D eigenvalue weighted by Gasteiger charge is -2.36. The molecule has 2 aromatic rings. The molecule has 3 heterocycles. The smallest absolute Gasteiger partial charge is 0.348 e. The van der Waals surface area contributed by atoms with Crippen LogP contribution in [-0.2, 0) is 4.74 Å². The average molecular weight is 334 g/mol. The standard InChI is InChI=1S/C16H22N4O2S/c1-10-12-14(20(3)11-5-7-19(2)8-6-11)17-9-18-15(12)23-13(10)16(21)22-4/h9,11H,5-8H2,1-4H3. The van der Waals surface area contributed by atoms with Gasteiger partial charge < -0.3 is 14.5 Å². The number of methoxy groups -OCH3 is 1. The largest absolute Gasteiger partial charge is 0.465 e. The number of likely N-dealkylation sites (tertiary alicyclic amines) is 1. The summed E-state index contributed by atoms with van der Waals surface area (Å²) in [6.45, 7) is 4.14. The second-order valence-corrected chi connectivity index (χ2v) is 7.07. The molecule has 0 radical (unpaired) electrons. The molecule has 1 saturated heterocycles. The van der Waals surface area contributed by atoms with Crippen molar-refractivity contribution in [1.29, 1.82) is 0 Å². The van der Waals surface area contributed by atoms with Crippen molar-refractivity contribution in [2.75, 3.05) is 39.2 Å². The van der Waals surface area contributed by atoms with Gasteiger partial charge in [-0.15, -0.1) is 11.3 Å². The van der Waals surface area contributed by atoms with Gasteiger partial charge in [0.15, 0.2) is 0 Å². The van der Waals surface area contributed by atoms with Crippen LogP contribution in [0.3, 0.4) is 0 Å². The van der Waals surface area contributed by atoms with Gasteiger partial charge in [0.2, 0.25) is 0 Å². The second kappa shape index (κ2) is 6.41. The minimum Gasteiger partial charge on any atom is -0.465 e. The Balaban J connectivity index is 2.00. The number of ether oxygens (including phenoxy) is 1. The lowest BCUT2D eigenvalue weighted by atomic mass is 10.0. The average Bonchev–Trinajstić information content (AvgIpc) is 2.91. The Hall–Kier alpha value is -1.73. The highest BCUT2D eigenvalue weighted by Crippen LogP contribution is 2.36. The van der Waals surface area contributed by atoms with Crippen molar-refractivity contribution in [1.82, 2.24) is 14.9 Å². The molecule has 3 rings (SSSR count). The van der Waals surface area contributed by atoms with Crippen LogP contribution in [0.2, 0.25) is 0 Å². The first kappa shape index (κ1) is 16.1. The van der Waals surface area contributed by atoms with Crippen LogP contribution in [0.5, 0.6) is 0 Å². The van der Waals surface area contributed by atoms with Crippen molar-refractivity contribution in [2.45, 2.75) is 25.8 Å². The summed E-state index contributed by atoms with van der Waals surface area (Å²) in [5.74, 6) is 0.604.